The van der Waals surface area contributed by atoms with E-state index < -0.39 is 10.0 Å². The lowest BCUT2D eigenvalue weighted by Crippen LogP contribution is -2.46. The van der Waals surface area contributed by atoms with Crippen molar-refractivity contribution >= 4 is 28.1 Å². The summed E-state index contributed by atoms with van der Waals surface area (Å²) in [5.74, 6) is 0. The molecule has 114 valence electrons. The molecule has 0 aromatic heterocycles. The van der Waals surface area contributed by atoms with Gasteiger partial charge in [0.15, 0.2) is 0 Å². The molecule has 0 atom stereocenters. The van der Waals surface area contributed by atoms with Crippen LogP contribution in [0.2, 0.25) is 0 Å². The summed E-state index contributed by atoms with van der Waals surface area (Å²) in [5.41, 5.74) is 2.01. The van der Waals surface area contributed by atoms with Gasteiger partial charge in [0, 0.05) is 46.0 Å². The molecule has 1 fully saturated rings. The number of sulfonamides is 1. The summed E-state index contributed by atoms with van der Waals surface area (Å²) in [6.45, 7) is 4.48. The van der Waals surface area contributed by atoms with E-state index in [0.29, 0.717) is 31.1 Å². The second-order valence-electron chi connectivity index (χ2n) is 5.00. The standard InChI is InChI=1S/C13H21N3O2S.ClH/c1-11-4-5-12(10-13(11)15(2)3)19(17,18)16-8-6-14-7-9-16;/h4-5,10,14H,6-9H2,1-3H3;1H. The maximum Gasteiger partial charge on any atom is 0.243 e. The van der Waals surface area contributed by atoms with Crippen LogP contribution in [0.15, 0.2) is 23.1 Å². The normalized spacial score (nSPS) is 16.6. The molecular formula is C13H22ClN3O2S. The molecule has 0 radical (unpaired) electrons. The van der Waals surface area contributed by atoms with E-state index in [4.69, 9.17) is 0 Å². The number of benzene rings is 1. The Morgan fingerprint density at radius 1 is 1.20 bits per heavy atom. The van der Waals surface area contributed by atoms with Gasteiger partial charge in [-0.15, -0.1) is 12.4 Å². The van der Waals surface area contributed by atoms with Crippen LogP contribution >= 0.6 is 12.4 Å². The van der Waals surface area contributed by atoms with Gasteiger partial charge in [0.2, 0.25) is 10.0 Å². The van der Waals surface area contributed by atoms with Crippen molar-refractivity contribution in [1.82, 2.24) is 9.62 Å². The van der Waals surface area contributed by atoms with Crippen LogP contribution < -0.4 is 10.2 Å². The van der Waals surface area contributed by atoms with Gasteiger partial charge in [-0.1, -0.05) is 6.07 Å². The first-order chi connectivity index (χ1) is 8.93. The molecule has 5 nitrogen and oxygen atoms in total. The molecule has 0 bridgehead atoms. The predicted octanol–water partition coefficient (Wildman–Crippen LogP) is 1.08. The molecule has 1 aliphatic heterocycles. The fourth-order valence-electron chi connectivity index (χ4n) is 2.27. The smallest absolute Gasteiger partial charge is 0.243 e. The fraction of sp³-hybridized carbons (Fsp3) is 0.538. The molecule has 0 unspecified atom stereocenters. The van der Waals surface area contributed by atoms with E-state index in [1.165, 1.54) is 0 Å². The molecule has 0 spiro atoms. The fourth-order valence-corrected chi connectivity index (χ4v) is 3.73. The van der Waals surface area contributed by atoms with Gasteiger partial charge >= 0.3 is 0 Å². The van der Waals surface area contributed by atoms with Crippen molar-refractivity contribution in [2.75, 3.05) is 45.2 Å². The molecule has 1 N–H and O–H groups in total. The lowest BCUT2D eigenvalue weighted by molar-refractivity contribution is 0.360. The van der Waals surface area contributed by atoms with Crippen molar-refractivity contribution in [2.24, 2.45) is 0 Å². The van der Waals surface area contributed by atoms with Gasteiger partial charge in [0.25, 0.3) is 0 Å². The van der Waals surface area contributed by atoms with Crippen LogP contribution in [-0.4, -0.2) is 53.0 Å². The summed E-state index contributed by atoms with van der Waals surface area (Å²) in [5, 5.41) is 3.16. The van der Waals surface area contributed by atoms with Crippen molar-refractivity contribution in [3.8, 4) is 0 Å². The molecule has 20 heavy (non-hydrogen) atoms. The van der Waals surface area contributed by atoms with Crippen LogP contribution in [0.5, 0.6) is 0 Å². The average molecular weight is 320 g/mol. The first-order valence-corrected chi connectivity index (χ1v) is 7.86. The van der Waals surface area contributed by atoms with E-state index in [1.807, 2.05) is 32.0 Å². The Kier molecular flexibility index (Phi) is 5.82. The third kappa shape index (κ3) is 3.44. The van der Waals surface area contributed by atoms with Gasteiger partial charge in [-0.3, -0.25) is 0 Å². The highest BCUT2D eigenvalue weighted by molar-refractivity contribution is 7.89. The number of halogens is 1. The Hall–Kier alpha value is -0.820. The molecule has 0 aliphatic carbocycles. The van der Waals surface area contributed by atoms with Crippen LogP contribution in [0.1, 0.15) is 5.56 Å². The minimum atomic E-state index is -3.37. The number of aryl methyl sites for hydroxylation is 1. The summed E-state index contributed by atoms with van der Waals surface area (Å²) in [7, 11) is 0.472. The molecule has 1 aliphatic rings. The number of rotatable bonds is 3. The highest BCUT2D eigenvalue weighted by Crippen LogP contribution is 2.24. The zero-order valence-electron chi connectivity index (χ0n) is 12.1. The van der Waals surface area contributed by atoms with Crippen LogP contribution in [0.4, 0.5) is 5.69 Å². The molecular weight excluding hydrogens is 298 g/mol. The molecule has 1 saturated heterocycles. The topological polar surface area (TPSA) is 52.7 Å². The second kappa shape index (κ2) is 6.76. The van der Waals surface area contributed by atoms with E-state index in [2.05, 4.69) is 5.32 Å². The number of nitrogens with one attached hydrogen (secondary N) is 1. The lowest BCUT2D eigenvalue weighted by atomic mass is 10.2. The summed E-state index contributed by atoms with van der Waals surface area (Å²) >= 11 is 0. The van der Waals surface area contributed by atoms with Crippen molar-refractivity contribution < 1.29 is 8.42 Å². The van der Waals surface area contributed by atoms with Gasteiger partial charge in [-0.2, -0.15) is 4.31 Å². The molecule has 2 rings (SSSR count). The maximum atomic E-state index is 12.6. The minimum absolute atomic E-state index is 0. The van der Waals surface area contributed by atoms with Crippen LogP contribution in [-0.2, 0) is 10.0 Å². The Morgan fingerprint density at radius 2 is 1.80 bits per heavy atom. The van der Waals surface area contributed by atoms with E-state index in [9.17, 15) is 8.42 Å². The highest BCUT2D eigenvalue weighted by atomic mass is 35.5. The quantitative estimate of drug-likeness (QED) is 0.906. The summed E-state index contributed by atoms with van der Waals surface area (Å²) in [6.07, 6.45) is 0. The van der Waals surface area contributed by atoms with Crippen molar-refractivity contribution in [1.29, 1.82) is 0 Å². The predicted molar refractivity (Wildman–Crippen MR) is 84.4 cm³/mol. The van der Waals surface area contributed by atoms with Gasteiger partial charge in [-0.05, 0) is 24.6 Å². The number of nitrogens with zero attached hydrogens (tertiary/aromatic N) is 2. The number of hydrogen-bond donors (Lipinski definition) is 1. The largest absolute Gasteiger partial charge is 0.377 e. The van der Waals surface area contributed by atoms with E-state index in [-0.39, 0.29) is 12.4 Å². The third-order valence-electron chi connectivity index (χ3n) is 3.38. The first-order valence-electron chi connectivity index (χ1n) is 6.42. The van der Waals surface area contributed by atoms with Gasteiger partial charge < -0.3 is 10.2 Å². The lowest BCUT2D eigenvalue weighted by Gasteiger charge is -2.27. The number of piperazine rings is 1. The van der Waals surface area contributed by atoms with Crippen LogP contribution in [0.3, 0.4) is 0 Å². The zero-order valence-corrected chi connectivity index (χ0v) is 13.7. The Labute approximate surface area is 127 Å². The van der Waals surface area contributed by atoms with Crippen LogP contribution in [0.25, 0.3) is 0 Å². The van der Waals surface area contributed by atoms with Gasteiger partial charge in [-0.25, -0.2) is 8.42 Å². The van der Waals surface area contributed by atoms with Crippen molar-refractivity contribution in [2.45, 2.75) is 11.8 Å². The Bertz CT molecular complexity index is 555. The molecule has 1 aromatic rings. The molecule has 7 heteroatoms. The minimum Gasteiger partial charge on any atom is -0.377 e. The monoisotopic (exact) mass is 319 g/mol. The number of hydrogen-bond acceptors (Lipinski definition) is 4. The SMILES string of the molecule is Cc1ccc(S(=O)(=O)N2CCNCC2)cc1N(C)C.Cl. The number of anilines is 1. The summed E-state index contributed by atoms with van der Waals surface area (Å²) in [4.78, 5) is 2.32. The Balaban J connectivity index is 0.00000200. The summed E-state index contributed by atoms with van der Waals surface area (Å²) in [6, 6.07) is 5.32. The molecule has 0 saturated carbocycles. The highest BCUT2D eigenvalue weighted by Gasteiger charge is 2.26. The third-order valence-corrected chi connectivity index (χ3v) is 5.27. The zero-order chi connectivity index (χ0) is 14.0. The Morgan fingerprint density at radius 3 is 2.35 bits per heavy atom. The van der Waals surface area contributed by atoms with E-state index >= 15 is 0 Å². The van der Waals surface area contributed by atoms with E-state index in [0.717, 1.165) is 11.3 Å². The first kappa shape index (κ1) is 17.2. The van der Waals surface area contributed by atoms with Crippen molar-refractivity contribution in [3.05, 3.63) is 23.8 Å². The van der Waals surface area contributed by atoms with Gasteiger partial charge in [0.05, 0.1) is 4.90 Å². The van der Waals surface area contributed by atoms with Crippen LogP contribution in [0, 0.1) is 6.92 Å². The summed E-state index contributed by atoms with van der Waals surface area (Å²) < 4.78 is 26.7. The van der Waals surface area contributed by atoms with Crippen molar-refractivity contribution in [3.63, 3.8) is 0 Å². The average Bonchev–Trinajstić information content (AvgIpc) is 2.39. The van der Waals surface area contributed by atoms with E-state index in [1.54, 1.807) is 16.4 Å². The molecule has 0 amide bonds. The molecule has 1 heterocycles. The maximum absolute atomic E-state index is 12.6. The second-order valence-corrected chi connectivity index (χ2v) is 6.93. The molecule has 1 aromatic carbocycles. The van der Waals surface area contributed by atoms with Gasteiger partial charge in [0.1, 0.15) is 0 Å².